The molecule has 3 atom stereocenters. The molecule has 2 aromatic rings. The molecule has 1 fully saturated rings. The zero-order valence-electron chi connectivity index (χ0n) is 13.4. The van der Waals surface area contributed by atoms with Crippen molar-refractivity contribution in [2.75, 3.05) is 13.7 Å². The average Bonchev–Trinajstić information content (AvgIpc) is 3.00. The van der Waals surface area contributed by atoms with Gasteiger partial charge in [0.05, 0.1) is 5.56 Å². The van der Waals surface area contributed by atoms with Crippen LogP contribution < -0.4 is 0 Å². The largest absolute Gasteiger partial charge is 0.459 e. The first kappa shape index (κ1) is 16.6. The Kier molecular flexibility index (Phi) is 5.23. The molecule has 0 aliphatic carbocycles. The van der Waals surface area contributed by atoms with Crippen LogP contribution in [-0.2, 0) is 14.2 Å². The summed E-state index contributed by atoms with van der Waals surface area (Å²) in [6.45, 7) is -0.125. The van der Waals surface area contributed by atoms with Gasteiger partial charge in [0, 0.05) is 13.5 Å². The maximum absolute atomic E-state index is 13.7. The van der Waals surface area contributed by atoms with Crippen LogP contribution in [0.25, 0.3) is 11.1 Å². The van der Waals surface area contributed by atoms with Gasteiger partial charge in [-0.1, -0.05) is 42.5 Å². The predicted octanol–water partition coefficient (Wildman–Crippen LogP) is 3.61. The highest BCUT2D eigenvalue weighted by Crippen LogP contribution is 2.24. The summed E-state index contributed by atoms with van der Waals surface area (Å²) in [5, 5.41) is 0. The lowest BCUT2D eigenvalue weighted by molar-refractivity contribution is -0.126. The monoisotopic (exact) mass is 330 g/mol. The van der Waals surface area contributed by atoms with Crippen molar-refractivity contribution in [1.82, 2.24) is 0 Å². The minimum absolute atomic E-state index is 0.125. The summed E-state index contributed by atoms with van der Waals surface area (Å²) in [6, 6.07) is 17.0. The van der Waals surface area contributed by atoms with Crippen molar-refractivity contribution in [3.8, 4) is 11.1 Å². The maximum atomic E-state index is 13.7. The summed E-state index contributed by atoms with van der Waals surface area (Å²) in [4.78, 5) is 12.1. The minimum atomic E-state index is -1.19. The molecule has 0 radical (unpaired) electrons. The van der Waals surface area contributed by atoms with Gasteiger partial charge in [0.2, 0.25) is 0 Å². The van der Waals surface area contributed by atoms with Gasteiger partial charge in [0.15, 0.2) is 6.29 Å². The molecule has 24 heavy (non-hydrogen) atoms. The van der Waals surface area contributed by atoms with E-state index in [9.17, 15) is 9.18 Å². The van der Waals surface area contributed by atoms with Gasteiger partial charge in [-0.2, -0.15) is 0 Å². The number of ether oxygens (including phenoxy) is 3. The summed E-state index contributed by atoms with van der Waals surface area (Å²) in [7, 11) is 1.46. The topological polar surface area (TPSA) is 44.8 Å². The van der Waals surface area contributed by atoms with Crippen molar-refractivity contribution < 1.29 is 23.4 Å². The molecule has 5 heteroatoms. The fourth-order valence-corrected chi connectivity index (χ4v) is 2.64. The number of benzene rings is 2. The number of methoxy groups -OCH3 is 1. The number of hydrogen-bond donors (Lipinski definition) is 0. The fourth-order valence-electron chi connectivity index (χ4n) is 2.64. The number of esters is 1. The molecule has 0 unspecified atom stereocenters. The smallest absolute Gasteiger partial charge is 0.338 e. The highest BCUT2D eigenvalue weighted by Gasteiger charge is 2.36. The molecule has 0 N–H and O–H groups in total. The van der Waals surface area contributed by atoms with Crippen LogP contribution in [0.4, 0.5) is 4.39 Å². The van der Waals surface area contributed by atoms with Crippen LogP contribution in [0.3, 0.4) is 0 Å². The van der Waals surface area contributed by atoms with E-state index in [1.54, 1.807) is 12.1 Å². The number of hydrogen-bond acceptors (Lipinski definition) is 4. The Bertz CT molecular complexity index is 672. The van der Waals surface area contributed by atoms with Crippen LogP contribution in [-0.4, -0.2) is 38.3 Å². The molecule has 126 valence electrons. The number of alkyl halides is 1. The number of halogens is 1. The standard InChI is InChI=1S/C19H19FO4/c1-22-18-11-16(20)17(24-18)12-23-19(21)15-9-7-14(8-10-15)13-5-3-2-4-6-13/h2-10,16-18H,11-12H2,1H3/t16-,17+,18+/m0/s1. The number of rotatable bonds is 5. The molecule has 2 aromatic carbocycles. The molecular weight excluding hydrogens is 311 g/mol. The van der Waals surface area contributed by atoms with E-state index < -0.39 is 24.5 Å². The molecule has 0 amide bonds. The van der Waals surface area contributed by atoms with Crippen LogP contribution in [0.1, 0.15) is 16.8 Å². The van der Waals surface area contributed by atoms with Crippen molar-refractivity contribution in [2.24, 2.45) is 0 Å². The van der Waals surface area contributed by atoms with Crippen molar-refractivity contribution in [3.63, 3.8) is 0 Å². The summed E-state index contributed by atoms with van der Waals surface area (Å²) >= 11 is 0. The highest BCUT2D eigenvalue weighted by atomic mass is 19.1. The maximum Gasteiger partial charge on any atom is 0.338 e. The lowest BCUT2D eigenvalue weighted by Crippen LogP contribution is -2.25. The molecule has 3 rings (SSSR count). The normalized spacial score (nSPS) is 23.2. The second kappa shape index (κ2) is 7.55. The molecule has 4 nitrogen and oxygen atoms in total. The van der Waals surface area contributed by atoms with E-state index in [1.807, 2.05) is 42.5 Å². The Morgan fingerprint density at radius 1 is 1.12 bits per heavy atom. The predicted molar refractivity (Wildman–Crippen MR) is 87.3 cm³/mol. The van der Waals surface area contributed by atoms with Crippen molar-refractivity contribution in [1.29, 1.82) is 0 Å². The third kappa shape index (κ3) is 3.80. The van der Waals surface area contributed by atoms with Crippen LogP contribution in [0.15, 0.2) is 54.6 Å². The van der Waals surface area contributed by atoms with E-state index in [0.717, 1.165) is 11.1 Å². The Labute approximate surface area is 140 Å². The quantitative estimate of drug-likeness (QED) is 0.786. The zero-order valence-corrected chi connectivity index (χ0v) is 13.4. The Morgan fingerprint density at radius 2 is 1.79 bits per heavy atom. The summed E-state index contributed by atoms with van der Waals surface area (Å²) in [5.41, 5.74) is 2.51. The molecule has 0 bridgehead atoms. The highest BCUT2D eigenvalue weighted by molar-refractivity contribution is 5.90. The van der Waals surface area contributed by atoms with Gasteiger partial charge in [-0.05, 0) is 23.3 Å². The second-order valence-corrected chi connectivity index (χ2v) is 5.63. The van der Waals surface area contributed by atoms with Gasteiger partial charge in [0.25, 0.3) is 0 Å². The molecule has 0 saturated carbocycles. The first-order chi connectivity index (χ1) is 11.7. The molecule has 1 saturated heterocycles. The zero-order chi connectivity index (χ0) is 16.9. The van der Waals surface area contributed by atoms with Gasteiger partial charge in [-0.25, -0.2) is 9.18 Å². The Morgan fingerprint density at radius 3 is 2.42 bits per heavy atom. The Hall–Kier alpha value is -2.24. The molecular formula is C19H19FO4. The van der Waals surface area contributed by atoms with Crippen LogP contribution in [0.2, 0.25) is 0 Å². The number of carbonyl (C=O) groups excluding carboxylic acids is 1. The summed E-state index contributed by atoms with van der Waals surface area (Å²) in [6.07, 6.45) is -2.38. The van der Waals surface area contributed by atoms with E-state index in [2.05, 4.69) is 0 Å². The van der Waals surface area contributed by atoms with E-state index in [0.29, 0.717) is 5.56 Å². The van der Waals surface area contributed by atoms with Gasteiger partial charge >= 0.3 is 5.97 Å². The third-order valence-corrected chi connectivity index (χ3v) is 4.02. The summed E-state index contributed by atoms with van der Waals surface area (Å²) < 4.78 is 29.2. The van der Waals surface area contributed by atoms with Crippen molar-refractivity contribution in [3.05, 3.63) is 60.2 Å². The first-order valence-electron chi connectivity index (χ1n) is 7.82. The lowest BCUT2D eigenvalue weighted by Gasteiger charge is -2.13. The molecule has 0 aromatic heterocycles. The number of carbonyl (C=O) groups is 1. The van der Waals surface area contributed by atoms with Gasteiger partial charge in [0.1, 0.15) is 18.9 Å². The van der Waals surface area contributed by atoms with E-state index in [-0.39, 0.29) is 13.0 Å². The molecule has 0 spiro atoms. The SMILES string of the molecule is CO[C@H]1C[C@H](F)[C@@H](COC(=O)c2ccc(-c3ccccc3)cc2)O1. The van der Waals surface area contributed by atoms with Crippen LogP contribution in [0, 0.1) is 0 Å². The van der Waals surface area contributed by atoms with Crippen LogP contribution in [0.5, 0.6) is 0 Å². The Balaban J connectivity index is 1.58. The molecule has 1 aliphatic heterocycles. The summed E-state index contributed by atoms with van der Waals surface area (Å²) in [5.74, 6) is -0.494. The third-order valence-electron chi connectivity index (χ3n) is 4.02. The average molecular weight is 330 g/mol. The molecule has 1 aliphatic rings. The first-order valence-corrected chi connectivity index (χ1v) is 7.82. The van der Waals surface area contributed by atoms with Gasteiger partial charge in [-0.15, -0.1) is 0 Å². The van der Waals surface area contributed by atoms with Gasteiger partial charge in [-0.3, -0.25) is 0 Å². The fraction of sp³-hybridized carbons (Fsp3) is 0.316. The lowest BCUT2D eigenvalue weighted by atomic mass is 10.0. The van der Waals surface area contributed by atoms with E-state index >= 15 is 0 Å². The van der Waals surface area contributed by atoms with E-state index in [4.69, 9.17) is 14.2 Å². The second-order valence-electron chi connectivity index (χ2n) is 5.63. The minimum Gasteiger partial charge on any atom is -0.459 e. The van der Waals surface area contributed by atoms with Crippen LogP contribution >= 0.6 is 0 Å². The van der Waals surface area contributed by atoms with E-state index in [1.165, 1.54) is 7.11 Å². The van der Waals surface area contributed by atoms with Crippen molar-refractivity contribution >= 4 is 5.97 Å². The molecule has 1 heterocycles. The van der Waals surface area contributed by atoms with Crippen molar-refractivity contribution in [2.45, 2.75) is 25.0 Å². The van der Waals surface area contributed by atoms with Gasteiger partial charge < -0.3 is 14.2 Å².